The number of carbonyl (C=O) groups is 1. The third kappa shape index (κ3) is 3.49. The van der Waals surface area contributed by atoms with E-state index in [9.17, 15) is 9.90 Å². The molecule has 1 aromatic carbocycles. The fourth-order valence-corrected chi connectivity index (χ4v) is 4.36. The van der Waals surface area contributed by atoms with Crippen molar-refractivity contribution >= 4 is 6.09 Å². The summed E-state index contributed by atoms with van der Waals surface area (Å²) in [6.45, 7) is 3.29. The molecule has 3 atom stereocenters. The van der Waals surface area contributed by atoms with Crippen LogP contribution in [0.4, 0.5) is 4.79 Å². The summed E-state index contributed by atoms with van der Waals surface area (Å²) >= 11 is 0. The monoisotopic (exact) mass is 368 g/mol. The van der Waals surface area contributed by atoms with Crippen LogP contribution in [0.15, 0.2) is 48.8 Å². The van der Waals surface area contributed by atoms with Crippen molar-refractivity contribution < 1.29 is 19.4 Å². The fraction of sp³-hybridized carbons (Fsp3) is 0.429. The van der Waals surface area contributed by atoms with E-state index in [-0.39, 0.29) is 17.9 Å². The number of rotatable bonds is 4. The van der Waals surface area contributed by atoms with Crippen LogP contribution >= 0.6 is 0 Å². The summed E-state index contributed by atoms with van der Waals surface area (Å²) in [7, 11) is 0. The number of aliphatic hydroxyl groups is 1. The number of nitrogens with zero attached hydrogens (tertiary/aromatic N) is 2. The van der Waals surface area contributed by atoms with Crippen molar-refractivity contribution in [3.63, 3.8) is 0 Å². The van der Waals surface area contributed by atoms with E-state index in [1.807, 2.05) is 36.4 Å². The number of pyridine rings is 1. The minimum Gasteiger partial charge on any atom is -0.456 e. The van der Waals surface area contributed by atoms with Gasteiger partial charge >= 0.3 is 6.09 Å². The molecule has 2 aliphatic rings. The molecule has 142 valence electrons. The van der Waals surface area contributed by atoms with Gasteiger partial charge in [-0.25, -0.2) is 4.79 Å². The number of fused-ring (bicyclic) bond motifs is 2. The second-order valence-electron chi connectivity index (χ2n) is 7.36. The van der Waals surface area contributed by atoms with Gasteiger partial charge in [0.15, 0.2) is 0 Å². The maximum Gasteiger partial charge on any atom is 0.409 e. The Morgan fingerprint density at radius 1 is 1.26 bits per heavy atom. The highest BCUT2D eigenvalue weighted by Crippen LogP contribution is 2.50. The first-order valence-corrected chi connectivity index (χ1v) is 9.41. The van der Waals surface area contributed by atoms with Gasteiger partial charge in [-0.2, -0.15) is 0 Å². The van der Waals surface area contributed by atoms with Crippen LogP contribution in [0.1, 0.15) is 25.3 Å². The fourth-order valence-electron chi connectivity index (χ4n) is 4.36. The number of carbonyl (C=O) groups excluding carboxylic acids is 1. The average molecular weight is 368 g/mol. The number of benzene rings is 1. The van der Waals surface area contributed by atoms with Crippen LogP contribution in [-0.2, 0) is 10.3 Å². The van der Waals surface area contributed by atoms with Crippen LogP contribution in [0.5, 0.6) is 11.5 Å². The lowest BCUT2D eigenvalue weighted by atomic mass is 9.84. The zero-order valence-corrected chi connectivity index (χ0v) is 15.4. The molecule has 0 spiro atoms. The molecular formula is C21H24N2O4. The molecule has 27 heavy (non-hydrogen) atoms. The summed E-state index contributed by atoms with van der Waals surface area (Å²) in [6, 6.07) is 11.4. The second-order valence-corrected chi connectivity index (χ2v) is 7.36. The van der Waals surface area contributed by atoms with Crippen molar-refractivity contribution in [1.29, 1.82) is 0 Å². The van der Waals surface area contributed by atoms with Crippen molar-refractivity contribution in [2.75, 3.05) is 19.7 Å². The molecule has 1 saturated carbocycles. The highest BCUT2D eigenvalue weighted by Gasteiger charge is 2.52. The molecule has 1 aliphatic heterocycles. The molecule has 1 saturated heterocycles. The second kappa shape index (κ2) is 7.19. The summed E-state index contributed by atoms with van der Waals surface area (Å²) in [5.41, 5.74) is -0.260. The van der Waals surface area contributed by atoms with E-state index in [0.29, 0.717) is 31.9 Å². The Kier molecular flexibility index (Phi) is 4.74. The lowest BCUT2D eigenvalue weighted by molar-refractivity contribution is -0.0104. The minimum atomic E-state index is -1.00. The topological polar surface area (TPSA) is 71.9 Å². The van der Waals surface area contributed by atoms with Gasteiger partial charge in [-0.1, -0.05) is 18.2 Å². The van der Waals surface area contributed by atoms with Gasteiger partial charge in [0.05, 0.1) is 18.4 Å². The van der Waals surface area contributed by atoms with Crippen molar-refractivity contribution in [3.05, 3.63) is 54.4 Å². The van der Waals surface area contributed by atoms with Gasteiger partial charge in [-0.3, -0.25) is 4.98 Å². The van der Waals surface area contributed by atoms with Gasteiger partial charge in [0, 0.05) is 30.8 Å². The molecule has 1 aliphatic carbocycles. The lowest BCUT2D eigenvalue weighted by Crippen LogP contribution is -2.44. The molecule has 6 heteroatoms. The normalized spacial score (nSPS) is 26.7. The van der Waals surface area contributed by atoms with E-state index in [1.54, 1.807) is 24.2 Å². The third-order valence-corrected chi connectivity index (χ3v) is 5.53. The van der Waals surface area contributed by atoms with E-state index in [2.05, 4.69) is 4.98 Å². The molecule has 2 heterocycles. The van der Waals surface area contributed by atoms with Crippen LogP contribution in [0.3, 0.4) is 0 Å². The maximum absolute atomic E-state index is 12.1. The van der Waals surface area contributed by atoms with Crippen molar-refractivity contribution in [1.82, 2.24) is 9.88 Å². The summed E-state index contributed by atoms with van der Waals surface area (Å²) in [4.78, 5) is 18.1. The Labute approximate surface area is 158 Å². The van der Waals surface area contributed by atoms with Gasteiger partial charge in [0.1, 0.15) is 11.5 Å². The molecule has 1 amide bonds. The van der Waals surface area contributed by atoms with E-state index in [4.69, 9.17) is 9.47 Å². The first-order chi connectivity index (χ1) is 13.1. The summed E-state index contributed by atoms with van der Waals surface area (Å²) in [5, 5.41) is 11.5. The molecule has 1 N–H and O–H groups in total. The summed E-state index contributed by atoms with van der Waals surface area (Å²) in [5.74, 6) is 1.55. The van der Waals surface area contributed by atoms with Crippen molar-refractivity contribution in [3.8, 4) is 11.5 Å². The molecule has 0 radical (unpaired) electrons. The molecule has 2 fully saturated rings. The molecule has 1 aromatic heterocycles. The summed E-state index contributed by atoms with van der Waals surface area (Å²) < 4.78 is 11.0. The standard InChI is InChI=1S/C21H24N2O4/c1-2-26-20(24)23-13-15-8-17(14-23)21(25,10-15)16-9-19(12-22-11-16)27-18-6-4-3-5-7-18/h3-7,9,11-12,15,17,25H,2,8,10,13-14H2,1H3. The first kappa shape index (κ1) is 17.8. The Morgan fingerprint density at radius 3 is 2.85 bits per heavy atom. The number of ether oxygens (including phenoxy) is 2. The zero-order chi connectivity index (χ0) is 18.9. The van der Waals surface area contributed by atoms with Crippen LogP contribution in [-0.4, -0.2) is 40.8 Å². The lowest BCUT2D eigenvalue weighted by Gasteiger charge is -2.34. The number of aromatic nitrogens is 1. The van der Waals surface area contributed by atoms with E-state index in [1.165, 1.54) is 0 Å². The van der Waals surface area contributed by atoms with Crippen molar-refractivity contribution in [2.24, 2.45) is 11.8 Å². The van der Waals surface area contributed by atoms with Gasteiger partial charge in [-0.15, -0.1) is 0 Å². The number of amides is 1. The van der Waals surface area contributed by atoms with Crippen molar-refractivity contribution in [2.45, 2.75) is 25.4 Å². The Balaban J connectivity index is 1.55. The highest BCUT2D eigenvalue weighted by atomic mass is 16.6. The zero-order valence-electron chi connectivity index (χ0n) is 15.4. The Bertz CT molecular complexity index is 813. The van der Waals surface area contributed by atoms with Crippen LogP contribution in [0.25, 0.3) is 0 Å². The summed E-state index contributed by atoms with van der Waals surface area (Å²) in [6.07, 6.45) is 4.56. The number of hydrogen-bond donors (Lipinski definition) is 1. The predicted octanol–water partition coefficient (Wildman–Crippen LogP) is 3.56. The van der Waals surface area contributed by atoms with E-state index >= 15 is 0 Å². The SMILES string of the molecule is CCOC(=O)N1CC2CC(C1)C(O)(c1cncc(Oc3ccccc3)c1)C2. The van der Waals surface area contributed by atoms with Gasteiger partial charge in [0.25, 0.3) is 0 Å². The van der Waals surface area contributed by atoms with Gasteiger partial charge in [-0.05, 0) is 43.9 Å². The smallest absolute Gasteiger partial charge is 0.409 e. The maximum atomic E-state index is 12.1. The molecule has 2 aromatic rings. The molecule has 3 unspecified atom stereocenters. The highest BCUT2D eigenvalue weighted by molar-refractivity contribution is 5.67. The van der Waals surface area contributed by atoms with Crippen LogP contribution in [0, 0.1) is 11.8 Å². The largest absolute Gasteiger partial charge is 0.456 e. The minimum absolute atomic E-state index is 0.0329. The molecule has 6 nitrogen and oxygen atoms in total. The molecule has 4 rings (SSSR count). The quantitative estimate of drug-likeness (QED) is 0.893. The van der Waals surface area contributed by atoms with E-state index < -0.39 is 5.60 Å². The number of hydrogen-bond acceptors (Lipinski definition) is 5. The first-order valence-electron chi connectivity index (χ1n) is 9.41. The van der Waals surface area contributed by atoms with Gasteiger partial charge in [0.2, 0.25) is 0 Å². The van der Waals surface area contributed by atoms with Gasteiger partial charge < -0.3 is 19.5 Å². The Hall–Kier alpha value is -2.60. The van der Waals surface area contributed by atoms with E-state index in [0.717, 1.165) is 17.7 Å². The van der Waals surface area contributed by atoms with Crippen LogP contribution in [0.2, 0.25) is 0 Å². The number of piperidine rings is 1. The Morgan fingerprint density at radius 2 is 2.07 bits per heavy atom. The predicted molar refractivity (Wildman–Crippen MR) is 99.5 cm³/mol. The molecular weight excluding hydrogens is 344 g/mol. The van der Waals surface area contributed by atoms with Crippen LogP contribution < -0.4 is 4.74 Å². The third-order valence-electron chi connectivity index (χ3n) is 5.53. The molecule has 2 bridgehead atoms. The number of para-hydroxylation sites is 1. The average Bonchev–Trinajstić information content (AvgIpc) is 2.92. The number of likely N-dealkylation sites (tertiary alicyclic amines) is 1.